The molecule has 142 valence electrons. The van der Waals surface area contributed by atoms with Crippen LogP contribution in [0.15, 0.2) is 41.4 Å². The molecular formula is C18H20N4O3S2. The minimum Gasteiger partial charge on any atom is -0.356 e. The lowest BCUT2D eigenvalue weighted by Crippen LogP contribution is -2.37. The first kappa shape index (κ1) is 19.5. The second kappa shape index (κ2) is 8.17. The Balaban J connectivity index is 1.71. The molecule has 0 atom stereocenters. The van der Waals surface area contributed by atoms with Gasteiger partial charge in [0.2, 0.25) is 10.0 Å². The first-order chi connectivity index (χ1) is 12.9. The van der Waals surface area contributed by atoms with Crippen LogP contribution in [0, 0.1) is 11.3 Å². The second-order valence-electron chi connectivity index (χ2n) is 6.24. The number of carbonyl (C=O) groups is 1. The van der Waals surface area contributed by atoms with Gasteiger partial charge in [0, 0.05) is 44.4 Å². The van der Waals surface area contributed by atoms with Crippen molar-refractivity contribution in [1.82, 2.24) is 14.2 Å². The van der Waals surface area contributed by atoms with E-state index in [9.17, 15) is 13.2 Å². The maximum atomic E-state index is 12.7. The van der Waals surface area contributed by atoms with Gasteiger partial charge in [-0.2, -0.15) is 21.3 Å². The number of H-pyrrole nitrogens is 1. The Bertz CT molecular complexity index is 955. The highest BCUT2D eigenvalue weighted by atomic mass is 32.2. The van der Waals surface area contributed by atoms with Crippen LogP contribution in [0.2, 0.25) is 0 Å². The predicted octanol–water partition coefficient (Wildman–Crippen LogP) is 1.90. The number of carbonyl (C=O) groups excluding carboxylic acids is 1. The zero-order valence-electron chi connectivity index (χ0n) is 14.9. The molecular weight excluding hydrogens is 384 g/mol. The third-order valence-corrected chi connectivity index (χ3v) is 7.16. The highest BCUT2D eigenvalue weighted by Crippen LogP contribution is 2.21. The summed E-state index contributed by atoms with van der Waals surface area (Å²) in [5, 5.41) is 8.84. The summed E-state index contributed by atoms with van der Waals surface area (Å²) >= 11 is 1.73. The maximum absolute atomic E-state index is 12.7. The summed E-state index contributed by atoms with van der Waals surface area (Å²) in [6.07, 6.45) is 1.37. The standard InChI is InChI=1S/C18H20N4O3S2/c1-21(13-15-4-2-14(11-19)3-5-15)18(23)17-10-16(12-20-17)27(24,25)22-6-8-26-9-7-22/h2-5,10,12,20H,6-9,13H2,1H3. The van der Waals surface area contributed by atoms with Crippen molar-refractivity contribution in [3.05, 3.63) is 53.3 Å². The molecule has 27 heavy (non-hydrogen) atoms. The summed E-state index contributed by atoms with van der Waals surface area (Å²) in [5.74, 6) is 1.26. The molecule has 1 aliphatic rings. The third kappa shape index (κ3) is 4.35. The monoisotopic (exact) mass is 404 g/mol. The zero-order chi connectivity index (χ0) is 19.4. The summed E-state index contributed by atoms with van der Waals surface area (Å²) < 4.78 is 26.8. The number of aromatic amines is 1. The predicted molar refractivity (Wildman–Crippen MR) is 104 cm³/mol. The van der Waals surface area contributed by atoms with Crippen molar-refractivity contribution in [2.24, 2.45) is 0 Å². The van der Waals surface area contributed by atoms with Gasteiger partial charge in [0.25, 0.3) is 5.91 Å². The average molecular weight is 405 g/mol. The molecule has 2 aromatic rings. The van der Waals surface area contributed by atoms with Gasteiger partial charge in [-0.1, -0.05) is 12.1 Å². The van der Waals surface area contributed by atoms with Crippen molar-refractivity contribution < 1.29 is 13.2 Å². The van der Waals surface area contributed by atoms with E-state index in [0.717, 1.165) is 17.1 Å². The molecule has 2 heterocycles. The van der Waals surface area contributed by atoms with Gasteiger partial charge >= 0.3 is 0 Å². The Morgan fingerprint density at radius 1 is 1.30 bits per heavy atom. The molecule has 0 aliphatic carbocycles. The van der Waals surface area contributed by atoms with Gasteiger partial charge in [0.15, 0.2) is 0 Å². The number of hydrogen-bond donors (Lipinski definition) is 1. The van der Waals surface area contributed by atoms with Gasteiger partial charge in [-0.15, -0.1) is 0 Å². The molecule has 7 nitrogen and oxygen atoms in total. The fourth-order valence-electron chi connectivity index (χ4n) is 2.82. The van der Waals surface area contributed by atoms with E-state index < -0.39 is 10.0 Å². The Kier molecular flexibility index (Phi) is 5.89. The lowest BCUT2D eigenvalue weighted by molar-refractivity contribution is 0.0780. The molecule has 1 saturated heterocycles. The first-order valence-electron chi connectivity index (χ1n) is 8.42. The summed E-state index contributed by atoms with van der Waals surface area (Å²) in [5.41, 5.74) is 1.68. The van der Waals surface area contributed by atoms with Crippen LogP contribution in [-0.2, 0) is 16.6 Å². The van der Waals surface area contributed by atoms with Gasteiger partial charge in [0.05, 0.1) is 11.6 Å². The Morgan fingerprint density at radius 2 is 1.96 bits per heavy atom. The van der Waals surface area contributed by atoms with Crippen LogP contribution in [0.4, 0.5) is 0 Å². The minimum atomic E-state index is -3.58. The smallest absolute Gasteiger partial charge is 0.270 e. The van der Waals surface area contributed by atoms with Crippen LogP contribution in [0.25, 0.3) is 0 Å². The molecule has 3 rings (SSSR count). The highest BCUT2D eigenvalue weighted by molar-refractivity contribution is 7.99. The van der Waals surface area contributed by atoms with Gasteiger partial charge in [-0.05, 0) is 23.8 Å². The van der Waals surface area contributed by atoms with Crippen molar-refractivity contribution in [3.63, 3.8) is 0 Å². The molecule has 0 saturated carbocycles. The number of aromatic nitrogens is 1. The summed E-state index contributed by atoms with van der Waals surface area (Å²) in [7, 11) is -1.93. The minimum absolute atomic E-state index is 0.115. The molecule has 1 aromatic carbocycles. The van der Waals surface area contributed by atoms with Crippen molar-refractivity contribution >= 4 is 27.7 Å². The van der Waals surface area contributed by atoms with Crippen LogP contribution < -0.4 is 0 Å². The molecule has 1 aromatic heterocycles. The van der Waals surface area contributed by atoms with Gasteiger partial charge < -0.3 is 9.88 Å². The number of nitrogens with zero attached hydrogens (tertiary/aromatic N) is 3. The molecule has 1 N–H and O–H groups in total. The van der Waals surface area contributed by atoms with Gasteiger partial charge in [-0.25, -0.2) is 8.42 Å². The molecule has 0 spiro atoms. The summed E-state index contributed by atoms with van der Waals surface area (Å²) in [6, 6.07) is 10.4. The van der Waals surface area contributed by atoms with E-state index in [2.05, 4.69) is 11.1 Å². The number of hydrogen-bond acceptors (Lipinski definition) is 5. The SMILES string of the molecule is CN(Cc1ccc(C#N)cc1)C(=O)c1cc(S(=O)(=O)N2CCSCC2)c[nH]1. The molecule has 1 aliphatic heterocycles. The van der Waals surface area contributed by atoms with E-state index in [0.29, 0.717) is 25.2 Å². The van der Waals surface area contributed by atoms with Crippen LogP contribution in [0.1, 0.15) is 21.6 Å². The topological polar surface area (TPSA) is 97.3 Å². The molecule has 1 fully saturated rings. The number of sulfonamides is 1. The number of rotatable bonds is 5. The summed E-state index contributed by atoms with van der Waals surface area (Å²) in [6.45, 7) is 1.33. The second-order valence-corrected chi connectivity index (χ2v) is 9.40. The fraction of sp³-hybridized carbons (Fsp3) is 0.333. The normalized spacial score (nSPS) is 15.3. The average Bonchev–Trinajstić information content (AvgIpc) is 3.19. The highest BCUT2D eigenvalue weighted by Gasteiger charge is 2.28. The number of amides is 1. The fourth-order valence-corrected chi connectivity index (χ4v) is 5.39. The maximum Gasteiger partial charge on any atom is 0.270 e. The Morgan fingerprint density at radius 3 is 2.59 bits per heavy atom. The van der Waals surface area contributed by atoms with E-state index in [-0.39, 0.29) is 16.5 Å². The van der Waals surface area contributed by atoms with E-state index in [4.69, 9.17) is 5.26 Å². The van der Waals surface area contributed by atoms with Crippen molar-refractivity contribution in [2.75, 3.05) is 31.6 Å². The number of nitriles is 1. The molecule has 1 amide bonds. The quantitative estimate of drug-likeness (QED) is 0.821. The van der Waals surface area contributed by atoms with E-state index in [1.165, 1.54) is 21.5 Å². The van der Waals surface area contributed by atoms with Crippen LogP contribution in [-0.4, -0.2) is 60.2 Å². The van der Waals surface area contributed by atoms with Crippen LogP contribution in [0.5, 0.6) is 0 Å². The lowest BCUT2D eigenvalue weighted by atomic mass is 10.1. The number of nitrogens with one attached hydrogen (secondary N) is 1. The summed E-state index contributed by atoms with van der Waals surface area (Å²) in [4.78, 5) is 17.0. The van der Waals surface area contributed by atoms with Gasteiger partial charge in [0.1, 0.15) is 10.6 Å². The Hall–Kier alpha value is -2.28. The number of thioether (sulfide) groups is 1. The van der Waals surface area contributed by atoms with E-state index >= 15 is 0 Å². The number of benzene rings is 1. The Labute approximate surface area is 163 Å². The molecule has 9 heteroatoms. The van der Waals surface area contributed by atoms with Gasteiger partial charge in [-0.3, -0.25) is 4.79 Å². The molecule has 0 bridgehead atoms. The van der Waals surface area contributed by atoms with Crippen molar-refractivity contribution in [3.8, 4) is 6.07 Å². The zero-order valence-corrected chi connectivity index (χ0v) is 16.5. The first-order valence-corrected chi connectivity index (χ1v) is 11.0. The van der Waals surface area contributed by atoms with E-state index in [1.54, 1.807) is 43.1 Å². The van der Waals surface area contributed by atoms with Crippen LogP contribution >= 0.6 is 11.8 Å². The van der Waals surface area contributed by atoms with Crippen molar-refractivity contribution in [1.29, 1.82) is 5.26 Å². The lowest BCUT2D eigenvalue weighted by Gasteiger charge is -2.24. The molecule has 0 radical (unpaired) electrons. The third-order valence-electron chi connectivity index (χ3n) is 4.34. The molecule has 0 unspecified atom stereocenters. The largest absolute Gasteiger partial charge is 0.356 e. The van der Waals surface area contributed by atoms with Crippen LogP contribution in [0.3, 0.4) is 0 Å². The van der Waals surface area contributed by atoms with Crippen molar-refractivity contribution in [2.45, 2.75) is 11.4 Å². The van der Waals surface area contributed by atoms with E-state index in [1.807, 2.05) is 0 Å².